The number of para-hydroxylation sites is 1. The number of benzene rings is 2. The summed E-state index contributed by atoms with van der Waals surface area (Å²) in [6, 6.07) is 9.02. The van der Waals surface area contributed by atoms with E-state index in [0.29, 0.717) is 22.5 Å². The molecule has 3 amide bonds. The maximum absolute atomic E-state index is 12.7. The van der Waals surface area contributed by atoms with E-state index in [9.17, 15) is 24.5 Å². The number of thioether (sulfide) groups is 1. The quantitative estimate of drug-likeness (QED) is 0.360. The van der Waals surface area contributed by atoms with E-state index >= 15 is 0 Å². The molecule has 0 atom stereocenters. The van der Waals surface area contributed by atoms with E-state index in [4.69, 9.17) is 21.1 Å². The lowest BCUT2D eigenvalue weighted by molar-refractivity contribution is -0.385. The lowest BCUT2D eigenvalue weighted by Crippen LogP contribution is -2.36. The second kappa shape index (κ2) is 9.71. The molecule has 0 aromatic heterocycles. The first kappa shape index (κ1) is 23.1. The molecule has 1 aliphatic heterocycles. The number of anilines is 1. The second-order valence-electron chi connectivity index (χ2n) is 6.32. The first-order valence-electron chi connectivity index (χ1n) is 8.95. The third-order valence-corrected chi connectivity index (χ3v) is 5.57. The van der Waals surface area contributed by atoms with Crippen LogP contribution < -0.4 is 14.8 Å². The lowest BCUT2D eigenvalue weighted by atomic mass is 10.1. The maximum Gasteiger partial charge on any atom is 0.311 e. The number of ether oxygens (including phenoxy) is 2. The van der Waals surface area contributed by atoms with Gasteiger partial charge in [-0.1, -0.05) is 23.7 Å². The zero-order chi connectivity index (χ0) is 23.4. The van der Waals surface area contributed by atoms with Crippen LogP contribution in [0.25, 0.3) is 6.08 Å². The third kappa shape index (κ3) is 4.84. The van der Waals surface area contributed by atoms with Gasteiger partial charge in [-0.25, -0.2) is 0 Å². The van der Waals surface area contributed by atoms with Gasteiger partial charge in [0.1, 0.15) is 12.3 Å². The summed E-state index contributed by atoms with van der Waals surface area (Å²) in [6.07, 6.45) is 1.29. The van der Waals surface area contributed by atoms with Crippen LogP contribution in [0, 0.1) is 10.1 Å². The Hall–Kier alpha value is -3.57. The Morgan fingerprint density at radius 1 is 1.22 bits per heavy atom. The van der Waals surface area contributed by atoms with Crippen molar-refractivity contribution in [3.05, 3.63) is 62.0 Å². The Kier molecular flexibility index (Phi) is 7.01. The van der Waals surface area contributed by atoms with Gasteiger partial charge in [0.15, 0.2) is 0 Å². The Labute approximate surface area is 191 Å². The zero-order valence-corrected chi connectivity index (χ0v) is 18.4. The normalized spacial score (nSPS) is 14.6. The summed E-state index contributed by atoms with van der Waals surface area (Å²) in [6.45, 7) is -0.521. The van der Waals surface area contributed by atoms with Crippen molar-refractivity contribution in [1.29, 1.82) is 0 Å². The van der Waals surface area contributed by atoms with Gasteiger partial charge in [0.05, 0.1) is 34.8 Å². The van der Waals surface area contributed by atoms with Gasteiger partial charge < -0.3 is 14.8 Å². The zero-order valence-electron chi connectivity index (χ0n) is 16.8. The lowest BCUT2D eigenvalue weighted by Gasteiger charge is -2.13. The van der Waals surface area contributed by atoms with Crippen molar-refractivity contribution < 1.29 is 28.8 Å². The number of hydrogen-bond acceptors (Lipinski definition) is 8. The molecule has 1 heterocycles. The van der Waals surface area contributed by atoms with E-state index in [1.807, 2.05) is 0 Å². The van der Waals surface area contributed by atoms with Crippen LogP contribution in [0.5, 0.6) is 11.5 Å². The molecule has 1 fully saturated rings. The molecule has 0 bridgehead atoms. The van der Waals surface area contributed by atoms with E-state index in [1.165, 1.54) is 32.4 Å². The monoisotopic (exact) mass is 477 g/mol. The highest BCUT2D eigenvalue weighted by Crippen LogP contribution is 2.38. The van der Waals surface area contributed by atoms with Gasteiger partial charge in [-0.05, 0) is 30.0 Å². The minimum Gasteiger partial charge on any atom is -0.496 e. The average Bonchev–Trinajstić information content (AvgIpc) is 3.02. The maximum atomic E-state index is 12.7. The van der Waals surface area contributed by atoms with E-state index in [-0.39, 0.29) is 27.7 Å². The van der Waals surface area contributed by atoms with E-state index in [2.05, 4.69) is 5.32 Å². The van der Waals surface area contributed by atoms with E-state index < -0.39 is 28.5 Å². The number of methoxy groups -OCH3 is 2. The molecule has 0 radical (unpaired) electrons. The summed E-state index contributed by atoms with van der Waals surface area (Å²) in [5, 5.41) is 13.5. The summed E-state index contributed by atoms with van der Waals surface area (Å²) in [7, 11) is 2.63. The molecule has 10 nitrogen and oxygen atoms in total. The minimum absolute atomic E-state index is 0.0155. The van der Waals surface area contributed by atoms with Crippen LogP contribution in [-0.2, 0) is 9.59 Å². The van der Waals surface area contributed by atoms with Crippen LogP contribution in [0.2, 0.25) is 5.02 Å². The fourth-order valence-corrected chi connectivity index (χ4v) is 3.85. The molecule has 0 aliphatic carbocycles. The molecule has 3 rings (SSSR count). The largest absolute Gasteiger partial charge is 0.496 e. The molecule has 0 spiro atoms. The summed E-state index contributed by atoms with van der Waals surface area (Å²) < 4.78 is 10.2. The van der Waals surface area contributed by atoms with Crippen molar-refractivity contribution in [3.63, 3.8) is 0 Å². The van der Waals surface area contributed by atoms with Crippen molar-refractivity contribution in [2.45, 2.75) is 0 Å². The van der Waals surface area contributed by atoms with E-state index in [1.54, 1.807) is 24.3 Å². The van der Waals surface area contributed by atoms with Crippen LogP contribution in [-0.4, -0.2) is 47.6 Å². The highest BCUT2D eigenvalue weighted by Gasteiger charge is 2.36. The van der Waals surface area contributed by atoms with Crippen molar-refractivity contribution in [2.24, 2.45) is 0 Å². The van der Waals surface area contributed by atoms with Gasteiger partial charge in [0, 0.05) is 17.7 Å². The van der Waals surface area contributed by atoms with Crippen LogP contribution in [0.15, 0.2) is 41.3 Å². The summed E-state index contributed by atoms with van der Waals surface area (Å²) in [4.78, 5) is 48.8. The number of nitrogens with one attached hydrogen (secondary N) is 1. The Balaban J connectivity index is 1.84. The van der Waals surface area contributed by atoms with Gasteiger partial charge in [-0.3, -0.25) is 29.4 Å². The molecule has 2 aromatic carbocycles. The number of nitrogens with zero attached hydrogens (tertiary/aromatic N) is 2. The topological polar surface area (TPSA) is 128 Å². The molecule has 2 aromatic rings. The van der Waals surface area contributed by atoms with Gasteiger partial charge in [-0.2, -0.15) is 0 Å². The summed E-state index contributed by atoms with van der Waals surface area (Å²) in [5.41, 5.74) is 0.209. The third-order valence-electron chi connectivity index (χ3n) is 4.34. The molecule has 0 saturated carbocycles. The van der Waals surface area contributed by atoms with Crippen LogP contribution in [0.4, 0.5) is 16.2 Å². The van der Waals surface area contributed by atoms with Crippen LogP contribution in [0.1, 0.15) is 5.56 Å². The number of carbonyl (C=O) groups is 3. The number of rotatable bonds is 7. The summed E-state index contributed by atoms with van der Waals surface area (Å²) >= 11 is 6.60. The van der Waals surface area contributed by atoms with Gasteiger partial charge in [0.2, 0.25) is 11.7 Å². The number of nitro benzene ring substituents is 1. The SMILES string of the molecule is COc1cc(OC)c([N+](=O)[O-])cc1/C=C1/SC(=O)N(CC(=O)Nc2ccccc2Cl)C1=O. The molecule has 1 aliphatic rings. The van der Waals surface area contributed by atoms with Crippen molar-refractivity contribution in [3.8, 4) is 11.5 Å². The predicted octanol–water partition coefficient (Wildman–Crippen LogP) is 3.94. The molecule has 0 unspecified atom stereocenters. The number of halogens is 1. The highest BCUT2D eigenvalue weighted by atomic mass is 35.5. The highest BCUT2D eigenvalue weighted by molar-refractivity contribution is 8.18. The second-order valence-corrected chi connectivity index (χ2v) is 7.72. The van der Waals surface area contributed by atoms with E-state index in [0.717, 1.165) is 4.90 Å². The molecular weight excluding hydrogens is 462 g/mol. The number of carbonyl (C=O) groups excluding carboxylic acids is 3. The Morgan fingerprint density at radius 3 is 2.53 bits per heavy atom. The smallest absolute Gasteiger partial charge is 0.311 e. The van der Waals surface area contributed by atoms with Gasteiger partial charge in [0.25, 0.3) is 11.1 Å². The number of nitro groups is 1. The van der Waals surface area contributed by atoms with Crippen LogP contribution >= 0.6 is 23.4 Å². The van der Waals surface area contributed by atoms with Crippen molar-refractivity contribution >= 4 is 57.9 Å². The Bertz CT molecular complexity index is 1150. The fraction of sp³-hybridized carbons (Fsp3) is 0.150. The first-order chi connectivity index (χ1) is 15.2. The van der Waals surface area contributed by atoms with Crippen molar-refractivity contribution in [1.82, 2.24) is 4.90 Å². The predicted molar refractivity (Wildman–Crippen MR) is 119 cm³/mol. The first-order valence-corrected chi connectivity index (χ1v) is 10.1. The van der Waals surface area contributed by atoms with Gasteiger partial charge in [-0.15, -0.1) is 0 Å². The standard InChI is InChI=1S/C20H16ClN3O7S/c1-30-15-9-16(31-2)14(24(28)29)7-11(15)8-17-19(26)23(20(27)32-17)10-18(25)22-13-6-4-3-5-12(13)21/h3-9H,10H2,1-2H3,(H,22,25)/b17-8+. The molecule has 12 heteroatoms. The summed E-state index contributed by atoms with van der Waals surface area (Å²) in [5.74, 6) is -1.14. The molecule has 1 N–H and O–H groups in total. The fourth-order valence-electron chi connectivity index (χ4n) is 2.84. The van der Waals surface area contributed by atoms with Crippen molar-refractivity contribution in [2.75, 3.05) is 26.1 Å². The average molecular weight is 478 g/mol. The number of hydrogen-bond donors (Lipinski definition) is 1. The number of imide groups is 1. The molecule has 166 valence electrons. The number of amides is 3. The molecular formula is C20H16ClN3O7S. The van der Waals surface area contributed by atoms with Crippen LogP contribution in [0.3, 0.4) is 0 Å². The Morgan fingerprint density at radius 2 is 1.91 bits per heavy atom. The molecule has 1 saturated heterocycles. The molecule has 32 heavy (non-hydrogen) atoms. The van der Waals surface area contributed by atoms with Gasteiger partial charge >= 0.3 is 5.69 Å². The minimum atomic E-state index is -0.713.